The minimum Gasteiger partial charge on any atom is -0.496 e. The maximum absolute atomic E-state index is 8.82. The first kappa shape index (κ1) is 17.3. The van der Waals surface area contributed by atoms with Gasteiger partial charge in [-0.1, -0.05) is 30.3 Å². The first-order valence-electron chi connectivity index (χ1n) is 8.65. The lowest BCUT2D eigenvalue weighted by molar-refractivity contribution is 0.303. The first-order chi connectivity index (χ1) is 12.3. The van der Waals surface area contributed by atoms with Gasteiger partial charge in [0.25, 0.3) is 0 Å². The van der Waals surface area contributed by atoms with Crippen molar-refractivity contribution < 1.29 is 4.74 Å². The molecule has 3 rings (SSSR count). The van der Waals surface area contributed by atoms with Gasteiger partial charge in [-0.15, -0.1) is 0 Å². The number of hydrogen-bond donors (Lipinski definition) is 3. The zero-order chi connectivity index (χ0) is 17.5. The van der Waals surface area contributed by atoms with Gasteiger partial charge in [-0.3, -0.25) is 5.32 Å². The van der Waals surface area contributed by atoms with Crippen LogP contribution in [0.25, 0.3) is 0 Å². The quantitative estimate of drug-likeness (QED) is 0.558. The number of hydrogen-bond acceptors (Lipinski definition) is 5. The fourth-order valence-corrected chi connectivity index (χ4v) is 3.42. The number of nitriles is 1. The van der Waals surface area contributed by atoms with Crippen LogP contribution >= 0.6 is 0 Å². The molecular weight excluding hydrogens is 312 g/mol. The topological polar surface area (TPSA) is 69.1 Å². The Morgan fingerprint density at radius 1 is 1.24 bits per heavy atom. The summed E-state index contributed by atoms with van der Waals surface area (Å²) < 4.78 is 5.46. The van der Waals surface area contributed by atoms with Gasteiger partial charge in [0.05, 0.1) is 7.11 Å². The molecule has 0 amide bonds. The van der Waals surface area contributed by atoms with Crippen LogP contribution in [0.15, 0.2) is 48.5 Å². The van der Waals surface area contributed by atoms with Crippen LogP contribution in [0, 0.1) is 11.5 Å². The van der Waals surface area contributed by atoms with Crippen molar-refractivity contribution in [3.05, 3.63) is 59.7 Å². The van der Waals surface area contributed by atoms with Crippen LogP contribution in [-0.4, -0.2) is 19.7 Å². The lowest BCUT2D eigenvalue weighted by Gasteiger charge is -2.34. The zero-order valence-corrected chi connectivity index (χ0v) is 14.5. The molecule has 1 aliphatic rings. The van der Waals surface area contributed by atoms with Gasteiger partial charge < -0.3 is 15.4 Å². The summed E-state index contributed by atoms with van der Waals surface area (Å²) in [6.07, 6.45) is 4.25. The van der Waals surface area contributed by atoms with E-state index in [1.165, 1.54) is 5.56 Å². The van der Waals surface area contributed by atoms with Gasteiger partial charge in [-0.25, -0.2) is 0 Å². The fourth-order valence-electron chi connectivity index (χ4n) is 3.42. The normalized spacial score (nSPS) is 19.8. The molecule has 1 heterocycles. The molecule has 3 N–H and O–H groups in total. The summed E-state index contributed by atoms with van der Waals surface area (Å²) in [7, 11) is 1.67. The van der Waals surface area contributed by atoms with Gasteiger partial charge in [-0.2, -0.15) is 5.26 Å². The molecule has 25 heavy (non-hydrogen) atoms. The average Bonchev–Trinajstić information content (AvgIpc) is 2.68. The number of benzene rings is 2. The molecule has 0 aromatic heterocycles. The number of methoxy groups -OCH3 is 1. The molecule has 0 radical (unpaired) electrons. The van der Waals surface area contributed by atoms with E-state index < -0.39 is 0 Å². The predicted octanol–water partition coefficient (Wildman–Crippen LogP) is 3.17. The van der Waals surface area contributed by atoms with Crippen LogP contribution < -0.4 is 20.7 Å². The summed E-state index contributed by atoms with van der Waals surface area (Å²) in [6.45, 7) is 1.74. The monoisotopic (exact) mass is 336 g/mol. The highest BCUT2D eigenvalue weighted by Gasteiger charge is 2.25. The van der Waals surface area contributed by atoms with E-state index in [2.05, 4.69) is 40.2 Å². The van der Waals surface area contributed by atoms with Crippen molar-refractivity contribution in [1.82, 2.24) is 10.6 Å². The second-order valence-electron chi connectivity index (χ2n) is 6.24. The predicted molar refractivity (Wildman–Crippen MR) is 99.3 cm³/mol. The smallest absolute Gasteiger partial charge is 0.181 e. The third-order valence-electron chi connectivity index (χ3n) is 4.65. The van der Waals surface area contributed by atoms with Crippen molar-refractivity contribution in [2.75, 3.05) is 19.0 Å². The van der Waals surface area contributed by atoms with Crippen molar-refractivity contribution in [1.29, 1.82) is 5.26 Å². The summed E-state index contributed by atoms with van der Waals surface area (Å²) in [5, 5.41) is 18.8. The number of ether oxygens (including phenoxy) is 1. The number of piperidine rings is 1. The van der Waals surface area contributed by atoms with E-state index in [0.717, 1.165) is 36.4 Å². The van der Waals surface area contributed by atoms with E-state index in [1.807, 2.05) is 30.5 Å². The van der Waals surface area contributed by atoms with E-state index >= 15 is 0 Å². The lowest BCUT2D eigenvalue weighted by Crippen LogP contribution is -2.45. The molecule has 2 atom stereocenters. The Hall–Kier alpha value is -2.55. The molecule has 0 unspecified atom stereocenters. The summed E-state index contributed by atoms with van der Waals surface area (Å²) in [5.74, 6) is 0.830. The first-order valence-corrected chi connectivity index (χ1v) is 8.65. The van der Waals surface area contributed by atoms with Crippen LogP contribution in [0.4, 0.5) is 5.69 Å². The highest BCUT2D eigenvalue weighted by Crippen LogP contribution is 2.26. The molecule has 1 fully saturated rings. The van der Waals surface area contributed by atoms with Crippen molar-refractivity contribution >= 4 is 5.69 Å². The molecule has 5 nitrogen and oxygen atoms in total. The maximum atomic E-state index is 8.82. The Bertz CT molecular complexity index is 726. The van der Waals surface area contributed by atoms with Gasteiger partial charge >= 0.3 is 0 Å². The van der Waals surface area contributed by atoms with Gasteiger partial charge in [0.2, 0.25) is 0 Å². The molecule has 0 bridgehead atoms. The van der Waals surface area contributed by atoms with Gasteiger partial charge in [0.1, 0.15) is 5.75 Å². The Labute approximate surface area is 149 Å². The molecule has 2 aromatic carbocycles. The fraction of sp³-hybridized carbons (Fsp3) is 0.350. The third-order valence-corrected chi connectivity index (χ3v) is 4.65. The Kier molecular flexibility index (Phi) is 5.89. The van der Waals surface area contributed by atoms with E-state index in [9.17, 15) is 0 Å². The largest absolute Gasteiger partial charge is 0.496 e. The molecular formula is C20H24N4O. The summed E-state index contributed by atoms with van der Waals surface area (Å²) in [5.41, 5.74) is 3.13. The Morgan fingerprint density at radius 3 is 2.84 bits per heavy atom. The van der Waals surface area contributed by atoms with Crippen molar-refractivity contribution in [3.8, 4) is 11.9 Å². The van der Waals surface area contributed by atoms with Crippen molar-refractivity contribution in [2.45, 2.75) is 31.5 Å². The van der Waals surface area contributed by atoms with Crippen LogP contribution in [0.1, 0.15) is 30.0 Å². The van der Waals surface area contributed by atoms with E-state index in [4.69, 9.17) is 10.00 Å². The van der Waals surface area contributed by atoms with E-state index in [0.29, 0.717) is 18.6 Å². The maximum Gasteiger partial charge on any atom is 0.181 e. The third kappa shape index (κ3) is 4.30. The van der Waals surface area contributed by atoms with E-state index in [-0.39, 0.29) is 0 Å². The van der Waals surface area contributed by atoms with Gasteiger partial charge in [-0.05, 0) is 43.1 Å². The number of nitrogens with zero attached hydrogens (tertiary/aromatic N) is 1. The summed E-state index contributed by atoms with van der Waals surface area (Å²) in [4.78, 5) is 0. The molecule has 2 aromatic rings. The number of nitrogens with one attached hydrogen (secondary N) is 3. The summed E-state index contributed by atoms with van der Waals surface area (Å²) >= 11 is 0. The minimum atomic E-state index is 0.307. The van der Waals surface area contributed by atoms with E-state index in [1.54, 1.807) is 7.11 Å². The minimum absolute atomic E-state index is 0.307. The van der Waals surface area contributed by atoms with Crippen LogP contribution in [0.2, 0.25) is 0 Å². The van der Waals surface area contributed by atoms with Gasteiger partial charge in [0, 0.05) is 29.9 Å². The molecule has 0 aliphatic carbocycles. The molecule has 0 saturated carbocycles. The molecule has 1 saturated heterocycles. The van der Waals surface area contributed by atoms with Crippen molar-refractivity contribution in [3.63, 3.8) is 0 Å². The highest BCUT2D eigenvalue weighted by atomic mass is 16.5. The highest BCUT2D eigenvalue weighted by molar-refractivity contribution is 5.53. The van der Waals surface area contributed by atoms with Crippen LogP contribution in [0.3, 0.4) is 0 Å². The molecule has 1 aliphatic heterocycles. The SMILES string of the molecule is COc1ccc(NC#N)cc1CN[C@H]1CCCN[C@H]1c1ccccc1. The second kappa shape index (κ2) is 8.52. The van der Waals surface area contributed by atoms with Gasteiger partial charge in [0.15, 0.2) is 6.19 Å². The van der Waals surface area contributed by atoms with Crippen LogP contribution in [-0.2, 0) is 6.54 Å². The Morgan fingerprint density at radius 2 is 2.08 bits per heavy atom. The number of rotatable bonds is 6. The second-order valence-corrected chi connectivity index (χ2v) is 6.24. The molecule has 0 spiro atoms. The number of anilines is 1. The zero-order valence-electron chi connectivity index (χ0n) is 14.5. The molecule has 5 heteroatoms. The standard InChI is InChI=1S/C20H24N4O/c1-25-19-10-9-17(24-14-21)12-16(19)13-23-18-8-5-11-22-20(18)15-6-3-2-4-7-15/h2-4,6-7,9-10,12,18,20,22-24H,5,8,11,13H2,1H3/t18-,20-/m0/s1. The average molecular weight is 336 g/mol. The lowest BCUT2D eigenvalue weighted by atomic mass is 9.92. The Balaban J connectivity index is 1.73. The summed E-state index contributed by atoms with van der Waals surface area (Å²) in [6, 6.07) is 16.9. The van der Waals surface area contributed by atoms with Crippen LogP contribution in [0.5, 0.6) is 5.75 Å². The van der Waals surface area contributed by atoms with Crippen molar-refractivity contribution in [2.24, 2.45) is 0 Å². The molecule has 130 valence electrons.